The fourth-order valence-electron chi connectivity index (χ4n) is 4.77. The van der Waals surface area contributed by atoms with E-state index in [0.29, 0.717) is 18.0 Å². The molecule has 0 bridgehead atoms. The van der Waals surface area contributed by atoms with Gasteiger partial charge < -0.3 is 18.3 Å². The zero-order valence-electron chi connectivity index (χ0n) is 25.3. The Morgan fingerprint density at radius 2 is 1.66 bits per heavy atom. The molecule has 1 unspecified atom stereocenters. The minimum absolute atomic E-state index is 0.00744. The summed E-state index contributed by atoms with van der Waals surface area (Å²) in [6.45, 7) is 24.6. The third kappa shape index (κ3) is 6.35. The highest BCUT2D eigenvalue weighted by Gasteiger charge is 2.46. The van der Waals surface area contributed by atoms with E-state index in [1.165, 1.54) is 0 Å². The van der Waals surface area contributed by atoms with Crippen molar-refractivity contribution in [2.45, 2.75) is 128 Å². The van der Waals surface area contributed by atoms with Crippen LogP contribution in [0.15, 0.2) is 12.7 Å². The van der Waals surface area contributed by atoms with E-state index in [9.17, 15) is 0 Å². The molecule has 10 heteroatoms. The molecule has 4 atom stereocenters. The van der Waals surface area contributed by atoms with E-state index >= 15 is 0 Å². The number of fused-ring (bicyclic) bond motifs is 1. The number of imidazole rings is 1. The Morgan fingerprint density at radius 1 is 0.947 bits per heavy atom. The molecule has 0 radical (unpaired) electrons. The minimum Gasteiger partial charge on any atom is -0.473 e. The molecule has 38 heavy (non-hydrogen) atoms. The van der Waals surface area contributed by atoms with E-state index < -0.39 is 16.6 Å². The number of hydrogen-bond donors (Lipinski definition) is 0. The number of aromatic nitrogens is 4. The van der Waals surface area contributed by atoms with Crippen molar-refractivity contribution in [3.8, 4) is 5.88 Å². The van der Waals surface area contributed by atoms with E-state index in [1.807, 2.05) is 10.9 Å². The van der Waals surface area contributed by atoms with Crippen LogP contribution in [0.25, 0.3) is 11.2 Å². The van der Waals surface area contributed by atoms with Crippen LogP contribution in [0.4, 0.5) is 0 Å². The van der Waals surface area contributed by atoms with Crippen LogP contribution in [0.1, 0.15) is 79.9 Å². The quantitative estimate of drug-likeness (QED) is 0.318. The van der Waals surface area contributed by atoms with Crippen LogP contribution in [0.3, 0.4) is 0 Å². The Morgan fingerprint density at radius 3 is 2.29 bits per heavy atom. The molecule has 0 aromatic carbocycles. The van der Waals surface area contributed by atoms with E-state index in [1.54, 1.807) is 6.33 Å². The molecule has 2 aromatic heterocycles. The predicted octanol–water partition coefficient (Wildman–Crippen LogP) is 7.10. The molecule has 2 aromatic rings. The summed E-state index contributed by atoms with van der Waals surface area (Å²) in [6, 6.07) is 0. The molecular weight excluding hydrogens is 513 g/mol. The predicted molar refractivity (Wildman–Crippen MR) is 157 cm³/mol. The molecule has 2 fully saturated rings. The molecule has 3 heterocycles. The summed E-state index contributed by atoms with van der Waals surface area (Å²) in [6.07, 6.45) is 8.40. The van der Waals surface area contributed by atoms with Crippen molar-refractivity contribution in [3.05, 3.63) is 12.7 Å². The third-order valence-electron chi connectivity index (χ3n) is 9.37. The van der Waals surface area contributed by atoms with Gasteiger partial charge in [-0.05, 0) is 61.9 Å². The second kappa shape index (κ2) is 10.9. The fraction of sp³-hybridized carbons (Fsp3) is 0.821. The lowest BCUT2D eigenvalue weighted by Crippen LogP contribution is -2.46. The van der Waals surface area contributed by atoms with Gasteiger partial charge in [0.15, 0.2) is 27.8 Å². The van der Waals surface area contributed by atoms with Crippen molar-refractivity contribution in [1.82, 2.24) is 19.5 Å². The van der Waals surface area contributed by atoms with E-state index in [4.69, 9.17) is 18.3 Å². The summed E-state index contributed by atoms with van der Waals surface area (Å²) < 4.78 is 28.3. The van der Waals surface area contributed by atoms with Crippen LogP contribution in [0.5, 0.6) is 5.88 Å². The lowest BCUT2D eigenvalue weighted by atomic mass is 10.1. The minimum atomic E-state index is -1.96. The largest absolute Gasteiger partial charge is 0.473 e. The Balaban J connectivity index is 1.53. The first-order valence-electron chi connectivity index (χ1n) is 14.4. The molecular formula is C28H50N4O4Si2. The van der Waals surface area contributed by atoms with E-state index in [2.05, 4.69) is 82.7 Å². The number of hydrogen-bond acceptors (Lipinski definition) is 7. The molecule has 1 aliphatic carbocycles. The number of nitrogens with zero attached hydrogens (tertiary/aromatic N) is 4. The number of ether oxygens (including phenoxy) is 2. The van der Waals surface area contributed by atoms with Gasteiger partial charge in [-0.25, -0.2) is 9.97 Å². The normalized spacial score (nSPS) is 25.7. The molecule has 2 aliphatic rings. The zero-order chi connectivity index (χ0) is 27.9. The highest BCUT2D eigenvalue weighted by molar-refractivity contribution is 6.74. The Hall–Kier alpha value is -1.34. The van der Waals surface area contributed by atoms with Crippen LogP contribution in [-0.2, 0) is 13.6 Å². The zero-order valence-corrected chi connectivity index (χ0v) is 27.3. The van der Waals surface area contributed by atoms with Crippen molar-refractivity contribution in [1.29, 1.82) is 0 Å². The lowest BCUT2D eigenvalue weighted by molar-refractivity contribution is -0.0298. The lowest BCUT2D eigenvalue weighted by Gasteiger charge is -2.41. The first-order valence-corrected chi connectivity index (χ1v) is 20.2. The summed E-state index contributed by atoms with van der Waals surface area (Å²) >= 11 is 0. The summed E-state index contributed by atoms with van der Waals surface area (Å²) in [4.78, 5) is 13.7. The maximum Gasteiger partial charge on any atom is 0.245 e. The van der Waals surface area contributed by atoms with Crippen LogP contribution < -0.4 is 4.74 Å². The monoisotopic (exact) mass is 562 g/mol. The molecule has 0 spiro atoms. The third-order valence-corrected chi connectivity index (χ3v) is 18.4. The van der Waals surface area contributed by atoms with Crippen molar-refractivity contribution in [2.75, 3.05) is 13.2 Å². The van der Waals surface area contributed by atoms with Gasteiger partial charge in [0, 0.05) is 25.6 Å². The maximum absolute atomic E-state index is 6.99. The maximum atomic E-state index is 6.99. The van der Waals surface area contributed by atoms with Gasteiger partial charge in [0.25, 0.3) is 0 Å². The van der Waals surface area contributed by atoms with Gasteiger partial charge in [-0.1, -0.05) is 41.5 Å². The summed E-state index contributed by atoms with van der Waals surface area (Å²) in [7, 11) is -3.83. The summed E-state index contributed by atoms with van der Waals surface area (Å²) in [5.41, 5.74) is 1.47. The molecule has 8 nitrogen and oxygen atoms in total. The van der Waals surface area contributed by atoms with Crippen LogP contribution in [0, 0.1) is 5.92 Å². The van der Waals surface area contributed by atoms with Gasteiger partial charge in [-0.3, -0.25) is 4.57 Å². The first-order chi connectivity index (χ1) is 17.6. The van der Waals surface area contributed by atoms with Crippen molar-refractivity contribution >= 4 is 27.8 Å². The molecule has 0 amide bonds. The second-order valence-electron chi connectivity index (χ2n) is 14.3. The Bertz CT molecular complexity index is 1090. The van der Waals surface area contributed by atoms with E-state index in [0.717, 1.165) is 44.4 Å². The average Bonchev–Trinajstić information content (AvgIpc) is 3.41. The highest BCUT2D eigenvalue weighted by Crippen LogP contribution is 2.43. The molecule has 1 saturated carbocycles. The Labute approximate surface area is 231 Å². The Kier molecular flexibility index (Phi) is 8.51. The van der Waals surface area contributed by atoms with E-state index in [-0.39, 0.29) is 34.4 Å². The smallest absolute Gasteiger partial charge is 0.245 e. The van der Waals surface area contributed by atoms with Crippen LogP contribution in [-0.4, -0.2) is 61.6 Å². The summed E-state index contributed by atoms with van der Waals surface area (Å²) in [5, 5.41) is 0.314. The first kappa shape index (κ1) is 29.6. The SMILES string of the molecule is CC(C)(C)[Si](C)(C)OC[C@@H]1C[C@@H](Oc2ncnc3c2ncn3C2CCCCO2)C[C@@H]1O[Si](C)(C)C(C)(C)C. The fourth-order valence-corrected chi connectivity index (χ4v) is 7.23. The van der Waals surface area contributed by atoms with Gasteiger partial charge in [0.1, 0.15) is 18.7 Å². The summed E-state index contributed by atoms with van der Waals surface area (Å²) in [5.74, 6) is 0.834. The molecule has 214 valence electrons. The van der Waals surface area contributed by atoms with Gasteiger partial charge in [-0.2, -0.15) is 4.98 Å². The molecule has 0 N–H and O–H groups in total. The van der Waals surface area contributed by atoms with Gasteiger partial charge in [-0.15, -0.1) is 0 Å². The number of rotatable bonds is 8. The highest BCUT2D eigenvalue weighted by atomic mass is 28.4. The van der Waals surface area contributed by atoms with Crippen molar-refractivity contribution in [3.63, 3.8) is 0 Å². The molecule has 4 rings (SSSR count). The van der Waals surface area contributed by atoms with Crippen molar-refractivity contribution in [2.24, 2.45) is 5.92 Å². The van der Waals surface area contributed by atoms with Gasteiger partial charge >= 0.3 is 0 Å². The topological polar surface area (TPSA) is 80.5 Å². The molecule has 1 aliphatic heterocycles. The van der Waals surface area contributed by atoms with Gasteiger partial charge in [0.05, 0.1) is 12.4 Å². The molecule has 1 saturated heterocycles. The van der Waals surface area contributed by atoms with Gasteiger partial charge in [0.2, 0.25) is 5.88 Å². The van der Waals surface area contributed by atoms with Crippen LogP contribution >= 0.6 is 0 Å². The van der Waals surface area contributed by atoms with Crippen LogP contribution in [0.2, 0.25) is 36.3 Å². The average molecular weight is 563 g/mol. The second-order valence-corrected chi connectivity index (χ2v) is 23.8. The van der Waals surface area contributed by atoms with Crippen molar-refractivity contribution < 1.29 is 18.3 Å². The standard InChI is InChI=1S/C28H50N4O4Si2/c1-27(2,3)37(7,8)34-17-20-15-21(16-22(20)36-38(9,10)28(4,5)6)35-26-24-25(29-18-30-26)32(19-31-24)23-13-11-12-14-33-23/h18-23H,11-17H2,1-10H3/t20-,21+,22-,23?/m0/s1.